The molecule has 1 aliphatic rings. The standard InChI is InChI=1S/C20H19N3O5/c1-3-27-15-8-7-13(17(11-15)28-4-2)10-16-18(24)22-20(26)23(19(16)25)14-6-5-9-21-12-14/h5-12H,3-4H2,1-2H3,(H,22,24,26)/b16-10+. The van der Waals surface area contributed by atoms with Crippen molar-refractivity contribution in [3.05, 3.63) is 53.9 Å². The molecule has 1 N–H and O–H groups in total. The van der Waals surface area contributed by atoms with Crippen LogP contribution in [0.1, 0.15) is 19.4 Å². The van der Waals surface area contributed by atoms with Gasteiger partial charge in [0, 0.05) is 17.8 Å². The van der Waals surface area contributed by atoms with Crippen LogP contribution in [0.15, 0.2) is 48.3 Å². The Balaban J connectivity index is 2.01. The molecule has 8 heteroatoms. The monoisotopic (exact) mass is 381 g/mol. The van der Waals surface area contributed by atoms with E-state index in [9.17, 15) is 14.4 Å². The number of hydrogen-bond donors (Lipinski definition) is 1. The Morgan fingerprint density at radius 3 is 2.57 bits per heavy atom. The summed E-state index contributed by atoms with van der Waals surface area (Å²) in [5.41, 5.74) is 0.595. The topological polar surface area (TPSA) is 97.8 Å². The molecule has 28 heavy (non-hydrogen) atoms. The summed E-state index contributed by atoms with van der Waals surface area (Å²) in [4.78, 5) is 42.1. The van der Waals surface area contributed by atoms with Crippen molar-refractivity contribution in [1.29, 1.82) is 0 Å². The molecule has 0 bridgehead atoms. The third kappa shape index (κ3) is 3.85. The van der Waals surface area contributed by atoms with E-state index in [-0.39, 0.29) is 11.3 Å². The van der Waals surface area contributed by atoms with Gasteiger partial charge in [-0.25, -0.2) is 9.69 Å². The second kappa shape index (κ2) is 8.34. The number of carbonyl (C=O) groups excluding carboxylic acids is 3. The summed E-state index contributed by atoms with van der Waals surface area (Å²) in [5, 5.41) is 2.18. The Morgan fingerprint density at radius 2 is 1.89 bits per heavy atom. The van der Waals surface area contributed by atoms with Gasteiger partial charge < -0.3 is 9.47 Å². The van der Waals surface area contributed by atoms with E-state index in [1.807, 2.05) is 13.8 Å². The molecule has 1 fully saturated rings. The molecular formula is C20H19N3O5. The van der Waals surface area contributed by atoms with Crippen LogP contribution in [-0.2, 0) is 9.59 Å². The number of rotatable bonds is 6. The number of urea groups is 1. The summed E-state index contributed by atoms with van der Waals surface area (Å²) in [7, 11) is 0. The lowest BCUT2D eigenvalue weighted by Crippen LogP contribution is -2.54. The molecule has 0 saturated carbocycles. The molecule has 8 nitrogen and oxygen atoms in total. The van der Waals surface area contributed by atoms with Crippen LogP contribution < -0.4 is 19.7 Å². The number of amides is 4. The molecule has 1 saturated heterocycles. The zero-order valence-corrected chi connectivity index (χ0v) is 15.5. The van der Waals surface area contributed by atoms with E-state index in [1.54, 1.807) is 30.3 Å². The summed E-state index contributed by atoms with van der Waals surface area (Å²) in [5.74, 6) is -0.435. The summed E-state index contributed by atoms with van der Waals surface area (Å²) in [6.45, 7) is 4.58. The fraction of sp³-hybridized carbons (Fsp3) is 0.200. The number of benzene rings is 1. The lowest BCUT2D eigenvalue weighted by molar-refractivity contribution is -0.122. The number of hydrogen-bond acceptors (Lipinski definition) is 6. The molecule has 2 aromatic rings. The first-order valence-electron chi connectivity index (χ1n) is 8.76. The molecule has 0 radical (unpaired) electrons. The van der Waals surface area contributed by atoms with Gasteiger partial charge in [-0.15, -0.1) is 0 Å². The highest BCUT2D eigenvalue weighted by atomic mass is 16.5. The van der Waals surface area contributed by atoms with Crippen molar-refractivity contribution in [2.24, 2.45) is 0 Å². The van der Waals surface area contributed by atoms with Crippen LogP contribution in [-0.4, -0.2) is 36.0 Å². The molecule has 0 spiro atoms. The van der Waals surface area contributed by atoms with E-state index < -0.39 is 17.8 Å². The predicted molar refractivity (Wildman–Crippen MR) is 102 cm³/mol. The number of pyridine rings is 1. The van der Waals surface area contributed by atoms with Gasteiger partial charge >= 0.3 is 6.03 Å². The molecule has 4 amide bonds. The summed E-state index contributed by atoms with van der Waals surface area (Å²) in [6.07, 6.45) is 4.29. The molecule has 2 heterocycles. The van der Waals surface area contributed by atoms with Crippen LogP contribution in [0.5, 0.6) is 11.5 Å². The van der Waals surface area contributed by atoms with E-state index in [2.05, 4.69) is 10.3 Å². The van der Waals surface area contributed by atoms with Crippen LogP contribution in [0.25, 0.3) is 6.08 Å². The minimum absolute atomic E-state index is 0.187. The normalized spacial score (nSPS) is 15.6. The quantitative estimate of drug-likeness (QED) is 0.610. The van der Waals surface area contributed by atoms with Crippen molar-refractivity contribution in [2.45, 2.75) is 13.8 Å². The average molecular weight is 381 g/mol. The Morgan fingerprint density at radius 1 is 1.11 bits per heavy atom. The molecule has 0 unspecified atom stereocenters. The minimum atomic E-state index is -0.822. The maximum absolute atomic E-state index is 12.9. The first-order chi connectivity index (χ1) is 13.5. The van der Waals surface area contributed by atoms with Gasteiger partial charge in [-0.1, -0.05) is 0 Å². The van der Waals surface area contributed by atoms with Gasteiger partial charge in [-0.05, 0) is 44.2 Å². The van der Waals surface area contributed by atoms with Crippen LogP contribution in [0.2, 0.25) is 0 Å². The maximum atomic E-state index is 12.9. The zero-order valence-electron chi connectivity index (χ0n) is 15.5. The summed E-state index contributed by atoms with van der Waals surface area (Å²) < 4.78 is 11.1. The fourth-order valence-electron chi connectivity index (χ4n) is 2.70. The van der Waals surface area contributed by atoms with Crippen LogP contribution >= 0.6 is 0 Å². The van der Waals surface area contributed by atoms with Crippen LogP contribution in [0, 0.1) is 0 Å². The van der Waals surface area contributed by atoms with Gasteiger partial charge in [0.25, 0.3) is 11.8 Å². The lowest BCUT2D eigenvalue weighted by atomic mass is 10.1. The Labute approximate surface area is 161 Å². The smallest absolute Gasteiger partial charge is 0.336 e. The summed E-state index contributed by atoms with van der Waals surface area (Å²) in [6, 6.07) is 7.42. The van der Waals surface area contributed by atoms with E-state index in [1.165, 1.54) is 18.5 Å². The van der Waals surface area contributed by atoms with Crippen molar-refractivity contribution >= 4 is 29.6 Å². The molecule has 1 aliphatic heterocycles. The van der Waals surface area contributed by atoms with Gasteiger partial charge in [0.15, 0.2) is 0 Å². The number of nitrogens with one attached hydrogen (secondary N) is 1. The average Bonchev–Trinajstić information content (AvgIpc) is 2.68. The van der Waals surface area contributed by atoms with Gasteiger partial charge in [0.1, 0.15) is 17.1 Å². The first kappa shape index (κ1) is 19.1. The molecule has 0 atom stereocenters. The van der Waals surface area contributed by atoms with E-state index in [4.69, 9.17) is 9.47 Å². The highest BCUT2D eigenvalue weighted by Crippen LogP contribution is 2.29. The van der Waals surface area contributed by atoms with Crippen molar-refractivity contribution in [3.8, 4) is 11.5 Å². The molecular weight excluding hydrogens is 362 g/mol. The van der Waals surface area contributed by atoms with E-state index in [0.29, 0.717) is 30.3 Å². The third-order valence-electron chi connectivity index (χ3n) is 3.90. The van der Waals surface area contributed by atoms with Crippen molar-refractivity contribution in [1.82, 2.24) is 10.3 Å². The Bertz CT molecular complexity index is 940. The maximum Gasteiger partial charge on any atom is 0.336 e. The molecule has 3 rings (SSSR count). The van der Waals surface area contributed by atoms with Crippen molar-refractivity contribution < 1.29 is 23.9 Å². The Kier molecular flexibility index (Phi) is 5.69. The molecule has 0 aliphatic carbocycles. The highest BCUT2D eigenvalue weighted by Gasteiger charge is 2.37. The number of aromatic nitrogens is 1. The second-order valence-electron chi connectivity index (χ2n) is 5.73. The van der Waals surface area contributed by atoms with Gasteiger partial charge in [-0.2, -0.15) is 0 Å². The fourth-order valence-corrected chi connectivity index (χ4v) is 2.70. The van der Waals surface area contributed by atoms with Crippen LogP contribution in [0.3, 0.4) is 0 Å². The van der Waals surface area contributed by atoms with Crippen LogP contribution in [0.4, 0.5) is 10.5 Å². The minimum Gasteiger partial charge on any atom is -0.494 e. The number of carbonyl (C=O) groups is 3. The second-order valence-corrected chi connectivity index (χ2v) is 5.73. The lowest BCUT2D eigenvalue weighted by Gasteiger charge is -2.26. The van der Waals surface area contributed by atoms with Crippen molar-refractivity contribution in [3.63, 3.8) is 0 Å². The molecule has 1 aromatic carbocycles. The highest BCUT2D eigenvalue weighted by molar-refractivity contribution is 6.39. The number of imide groups is 2. The Hall–Kier alpha value is -3.68. The van der Waals surface area contributed by atoms with Gasteiger partial charge in [0.05, 0.1) is 25.1 Å². The molecule has 144 valence electrons. The molecule has 1 aromatic heterocycles. The van der Waals surface area contributed by atoms with Gasteiger partial charge in [-0.3, -0.25) is 19.9 Å². The number of nitrogens with zero attached hydrogens (tertiary/aromatic N) is 2. The number of ether oxygens (including phenoxy) is 2. The number of anilines is 1. The van der Waals surface area contributed by atoms with Gasteiger partial charge in [0.2, 0.25) is 0 Å². The largest absolute Gasteiger partial charge is 0.494 e. The SMILES string of the molecule is CCOc1ccc(/C=C2\C(=O)NC(=O)N(c3cccnc3)C2=O)c(OCC)c1. The van der Waals surface area contributed by atoms with E-state index in [0.717, 1.165) is 4.90 Å². The third-order valence-corrected chi connectivity index (χ3v) is 3.90. The predicted octanol–water partition coefficient (Wildman–Crippen LogP) is 2.55. The van der Waals surface area contributed by atoms with Crippen molar-refractivity contribution in [2.75, 3.05) is 18.1 Å². The number of barbiturate groups is 1. The zero-order chi connectivity index (χ0) is 20.1. The first-order valence-corrected chi connectivity index (χ1v) is 8.76. The summed E-state index contributed by atoms with van der Waals surface area (Å²) >= 11 is 0. The van der Waals surface area contributed by atoms with E-state index >= 15 is 0 Å².